The molecule has 0 saturated carbocycles. The molecule has 0 aliphatic carbocycles. The summed E-state index contributed by atoms with van der Waals surface area (Å²) in [5, 5.41) is 2.71. The van der Waals surface area contributed by atoms with Gasteiger partial charge in [-0.25, -0.2) is 4.79 Å². The molecule has 1 saturated heterocycles. The number of fused-ring (bicyclic) bond motifs is 1. The summed E-state index contributed by atoms with van der Waals surface area (Å²) in [7, 11) is 0. The first kappa shape index (κ1) is 24.0. The Labute approximate surface area is 202 Å². The molecule has 3 amide bonds. The molecule has 8 nitrogen and oxygen atoms in total. The number of carbonyl (C=O) groups excluding carboxylic acids is 4. The SMILES string of the molecule is Cc1ccc(SCCNC(=O)COC(=O)c2ccc3c(c2)C(=O)N(CC2CCCO2)C3=O)cc1. The zero-order chi connectivity index (χ0) is 24.1. The number of nitrogens with one attached hydrogen (secondary N) is 1. The Morgan fingerprint density at radius 3 is 2.62 bits per heavy atom. The quantitative estimate of drug-likeness (QED) is 0.254. The third-order valence-corrected chi connectivity index (χ3v) is 6.68. The second-order valence-electron chi connectivity index (χ2n) is 8.20. The van der Waals surface area contributed by atoms with Gasteiger partial charge in [0.25, 0.3) is 17.7 Å². The standard InChI is InChI=1S/C25H26N2O6S/c1-16-4-7-19(8-5-16)34-12-10-26-22(28)15-33-25(31)17-6-9-20-21(13-17)24(30)27(23(20)29)14-18-3-2-11-32-18/h4-9,13,18H,2-3,10-12,14-15H2,1H3,(H,26,28). The fourth-order valence-corrected chi connectivity index (χ4v) is 4.60. The van der Waals surface area contributed by atoms with Crippen molar-refractivity contribution in [1.29, 1.82) is 0 Å². The molecule has 9 heteroatoms. The summed E-state index contributed by atoms with van der Waals surface area (Å²) >= 11 is 1.62. The molecule has 1 N–H and O–H groups in total. The molecule has 2 aliphatic rings. The molecule has 2 aromatic carbocycles. The minimum atomic E-state index is -0.732. The predicted molar refractivity (Wildman–Crippen MR) is 126 cm³/mol. The third kappa shape index (κ3) is 5.66. The summed E-state index contributed by atoms with van der Waals surface area (Å²) in [6.45, 7) is 2.86. The first-order valence-electron chi connectivity index (χ1n) is 11.2. The lowest BCUT2D eigenvalue weighted by Crippen LogP contribution is -2.36. The number of esters is 1. The molecule has 2 heterocycles. The summed E-state index contributed by atoms with van der Waals surface area (Å²) in [5.41, 5.74) is 1.72. The summed E-state index contributed by atoms with van der Waals surface area (Å²) in [6, 6.07) is 12.3. The van der Waals surface area contributed by atoms with Crippen LogP contribution in [-0.4, -0.2) is 66.8 Å². The van der Waals surface area contributed by atoms with Crippen LogP contribution in [0, 0.1) is 6.92 Å². The Morgan fingerprint density at radius 2 is 1.88 bits per heavy atom. The maximum Gasteiger partial charge on any atom is 0.338 e. The number of amides is 3. The number of thioether (sulfide) groups is 1. The lowest BCUT2D eigenvalue weighted by molar-refractivity contribution is -0.124. The van der Waals surface area contributed by atoms with Crippen molar-refractivity contribution in [2.24, 2.45) is 0 Å². The van der Waals surface area contributed by atoms with Gasteiger partial charge >= 0.3 is 5.97 Å². The number of carbonyl (C=O) groups is 4. The van der Waals surface area contributed by atoms with Crippen LogP contribution in [0.3, 0.4) is 0 Å². The van der Waals surface area contributed by atoms with Gasteiger partial charge in [-0.3, -0.25) is 19.3 Å². The number of hydrogen-bond acceptors (Lipinski definition) is 7. The van der Waals surface area contributed by atoms with Crippen LogP contribution in [-0.2, 0) is 14.3 Å². The van der Waals surface area contributed by atoms with Gasteiger partial charge in [0.2, 0.25) is 0 Å². The van der Waals surface area contributed by atoms with Gasteiger partial charge in [0.15, 0.2) is 6.61 Å². The van der Waals surface area contributed by atoms with E-state index >= 15 is 0 Å². The molecule has 0 bridgehead atoms. The van der Waals surface area contributed by atoms with Gasteiger partial charge in [-0.1, -0.05) is 17.7 Å². The highest BCUT2D eigenvalue weighted by atomic mass is 32.2. The third-order valence-electron chi connectivity index (χ3n) is 5.66. The molecule has 1 fully saturated rings. The lowest BCUT2D eigenvalue weighted by atomic mass is 10.1. The van der Waals surface area contributed by atoms with Gasteiger partial charge in [-0.2, -0.15) is 0 Å². The summed E-state index contributed by atoms with van der Waals surface area (Å²) < 4.78 is 10.6. The largest absolute Gasteiger partial charge is 0.452 e. The molecule has 1 atom stereocenters. The Hall–Kier alpha value is -3.17. The molecule has 0 aromatic heterocycles. The molecule has 0 radical (unpaired) electrons. The number of aryl methyl sites for hydroxylation is 1. The fraction of sp³-hybridized carbons (Fsp3) is 0.360. The van der Waals surface area contributed by atoms with E-state index in [0.29, 0.717) is 18.9 Å². The first-order valence-corrected chi connectivity index (χ1v) is 12.2. The van der Waals surface area contributed by atoms with Gasteiger partial charge in [0, 0.05) is 23.8 Å². The highest BCUT2D eigenvalue weighted by molar-refractivity contribution is 7.99. The summed E-state index contributed by atoms with van der Waals surface area (Å²) in [5.74, 6) is -1.29. The van der Waals surface area contributed by atoms with Crippen LogP contribution in [0.15, 0.2) is 47.4 Å². The monoisotopic (exact) mass is 482 g/mol. The molecule has 4 rings (SSSR count). The zero-order valence-electron chi connectivity index (χ0n) is 18.9. The number of nitrogens with zero attached hydrogens (tertiary/aromatic N) is 1. The van der Waals surface area contributed by atoms with Crippen molar-refractivity contribution in [3.05, 3.63) is 64.7 Å². The smallest absolute Gasteiger partial charge is 0.338 e. The molecule has 1 unspecified atom stereocenters. The molecule has 0 spiro atoms. The second kappa shape index (κ2) is 10.8. The molecule has 2 aliphatic heterocycles. The number of hydrogen-bond donors (Lipinski definition) is 1. The van der Waals surface area contributed by atoms with Crippen LogP contribution < -0.4 is 5.32 Å². The number of rotatable bonds is 9. The van der Waals surface area contributed by atoms with Crippen molar-refractivity contribution in [2.75, 3.05) is 32.1 Å². The normalized spacial score (nSPS) is 17.1. The Kier molecular flexibility index (Phi) is 7.64. The van der Waals surface area contributed by atoms with Crippen LogP contribution in [0.2, 0.25) is 0 Å². The van der Waals surface area contributed by atoms with E-state index < -0.39 is 30.3 Å². The van der Waals surface area contributed by atoms with Gasteiger partial charge in [0.05, 0.1) is 29.3 Å². The van der Waals surface area contributed by atoms with E-state index in [9.17, 15) is 19.2 Å². The van der Waals surface area contributed by atoms with Crippen LogP contribution >= 0.6 is 11.8 Å². The van der Waals surface area contributed by atoms with Crippen molar-refractivity contribution < 1.29 is 28.7 Å². The van der Waals surface area contributed by atoms with E-state index in [4.69, 9.17) is 9.47 Å². The van der Waals surface area contributed by atoms with Gasteiger partial charge in [-0.15, -0.1) is 11.8 Å². The van der Waals surface area contributed by atoms with E-state index in [1.165, 1.54) is 23.8 Å². The highest BCUT2D eigenvalue weighted by Gasteiger charge is 2.38. The highest BCUT2D eigenvalue weighted by Crippen LogP contribution is 2.26. The molecule has 2 aromatic rings. The Balaban J connectivity index is 1.24. The van der Waals surface area contributed by atoms with E-state index in [2.05, 4.69) is 5.32 Å². The van der Waals surface area contributed by atoms with Crippen molar-refractivity contribution in [3.63, 3.8) is 0 Å². The maximum atomic E-state index is 12.7. The summed E-state index contributed by atoms with van der Waals surface area (Å²) in [4.78, 5) is 52.0. The Bertz CT molecular complexity index is 1100. The van der Waals surface area contributed by atoms with Crippen LogP contribution in [0.1, 0.15) is 49.5 Å². The minimum absolute atomic E-state index is 0.113. The molecular weight excluding hydrogens is 456 g/mol. The van der Waals surface area contributed by atoms with Crippen LogP contribution in [0.5, 0.6) is 0 Å². The van der Waals surface area contributed by atoms with Crippen LogP contribution in [0.4, 0.5) is 0 Å². The number of imide groups is 1. The average Bonchev–Trinajstić information content (AvgIpc) is 3.44. The number of benzene rings is 2. The van der Waals surface area contributed by atoms with Crippen molar-refractivity contribution in [3.8, 4) is 0 Å². The minimum Gasteiger partial charge on any atom is -0.452 e. The second-order valence-corrected chi connectivity index (χ2v) is 9.37. The van der Waals surface area contributed by atoms with E-state index in [0.717, 1.165) is 22.6 Å². The molecule has 34 heavy (non-hydrogen) atoms. The van der Waals surface area contributed by atoms with Crippen molar-refractivity contribution in [1.82, 2.24) is 10.2 Å². The molecule has 178 valence electrons. The van der Waals surface area contributed by atoms with Crippen molar-refractivity contribution in [2.45, 2.75) is 30.8 Å². The predicted octanol–water partition coefficient (Wildman–Crippen LogP) is 2.84. The van der Waals surface area contributed by atoms with Gasteiger partial charge in [0.1, 0.15) is 0 Å². The van der Waals surface area contributed by atoms with Gasteiger partial charge < -0.3 is 14.8 Å². The summed E-state index contributed by atoms with van der Waals surface area (Å²) in [6.07, 6.45) is 1.56. The van der Waals surface area contributed by atoms with E-state index in [-0.39, 0.29) is 29.3 Å². The average molecular weight is 483 g/mol. The van der Waals surface area contributed by atoms with Crippen molar-refractivity contribution >= 4 is 35.5 Å². The zero-order valence-corrected chi connectivity index (χ0v) is 19.7. The van der Waals surface area contributed by atoms with E-state index in [1.54, 1.807) is 11.8 Å². The van der Waals surface area contributed by atoms with E-state index in [1.807, 2.05) is 31.2 Å². The maximum absolute atomic E-state index is 12.7. The topological polar surface area (TPSA) is 102 Å². The first-order chi connectivity index (χ1) is 16.4. The number of ether oxygens (including phenoxy) is 2. The van der Waals surface area contributed by atoms with Gasteiger partial charge in [-0.05, 0) is 50.1 Å². The lowest BCUT2D eigenvalue weighted by Gasteiger charge is -2.17. The molecular formula is C25H26N2O6S. The Morgan fingerprint density at radius 1 is 1.12 bits per heavy atom. The van der Waals surface area contributed by atoms with Crippen LogP contribution in [0.25, 0.3) is 0 Å². The fourth-order valence-electron chi connectivity index (χ4n) is 3.83.